The molecule has 1 aromatic carbocycles. The molecule has 0 aromatic heterocycles. The molecule has 7 nitrogen and oxygen atoms in total. The lowest BCUT2D eigenvalue weighted by molar-refractivity contribution is -0.383. The second-order valence-corrected chi connectivity index (χ2v) is 4.55. The Morgan fingerprint density at radius 2 is 2.26 bits per heavy atom. The van der Waals surface area contributed by atoms with Crippen LogP contribution in [0.15, 0.2) is 18.2 Å². The lowest BCUT2D eigenvalue weighted by Gasteiger charge is -2.09. The van der Waals surface area contributed by atoms with E-state index in [1.54, 1.807) is 0 Å². The molecular formula is C11H10ClN3O4. The minimum atomic E-state index is -0.625. The first kappa shape index (κ1) is 13.3. The molecule has 2 rings (SSSR count). The van der Waals surface area contributed by atoms with Gasteiger partial charge in [-0.2, -0.15) is 0 Å². The van der Waals surface area contributed by atoms with Crippen molar-refractivity contribution in [2.75, 3.05) is 11.9 Å². The molecule has 0 aliphatic carbocycles. The van der Waals surface area contributed by atoms with Gasteiger partial charge in [0.2, 0.25) is 11.8 Å². The topological polar surface area (TPSA) is 101 Å². The van der Waals surface area contributed by atoms with Gasteiger partial charge in [-0.25, -0.2) is 0 Å². The second-order valence-electron chi connectivity index (χ2n) is 4.11. The zero-order valence-corrected chi connectivity index (χ0v) is 10.4. The number of hydrogen-bond acceptors (Lipinski definition) is 4. The first-order valence-corrected chi connectivity index (χ1v) is 5.86. The molecule has 1 unspecified atom stereocenters. The van der Waals surface area contributed by atoms with Gasteiger partial charge < -0.3 is 10.6 Å². The molecule has 0 bridgehead atoms. The summed E-state index contributed by atoms with van der Waals surface area (Å²) in [5, 5.41) is 16.0. The number of nitro groups is 1. The Hall–Kier alpha value is -2.15. The molecule has 0 saturated carbocycles. The van der Waals surface area contributed by atoms with E-state index in [0.717, 1.165) is 6.07 Å². The van der Waals surface area contributed by atoms with Crippen molar-refractivity contribution in [3.05, 3.63) is 33.3 Å². The number of benzene rings is 1. The third-order valence-electron chi connectivity index (χ3n) is 2.76. The smallest absolute Gasteiger partial charge is 0.294 e. The first-order chi connectivity index (χ1) is 8.97. The van der Waals surface area contributed by atoms with Gasteiger partial charge in [0.15, 0.2) is 0 Å². The predicted octanol–water partition coefficient (Wildman–Crippen LogP) is 1.32. The number of nitro benzene ring substituents is 1. The van der Waals surface area contributed by atoms with Crippen LogP contribution in [0.4, 0.5) is 11.4 Å². The van der Waals surface area contributed by atoms with Gasteiger partial charge in [-0.1, -0.05) is 11.6 Å². The van der Waals surface area contributed by atoms with Crippen molar-refractivity contribution in [1.82, 2.24) is 5.32 Å². The SMILES string of the molecule is O=C1CC(C(=O)Nc2ccc(Cl)cc2[N+](=O)[O-])CN1. The van der Waals surface area contributed by atoms with Crippen LogP contribution in [0.5, 0.6) is 0 Å². The number of nitrogens with zero attached hydrogens (tertiary/aromatic N) is 1. The van der Waals surface area contributed by atoms with E-state index in [4.69, 9.17) is 11.6 Å². The number of anilines is 1. The van der Waals surface area contributed by atoms with Crippen LogP contribution in [0.25, 0.3) is 0 Å². The number of carbonyl (C=O) groups is 2. The number of halogens is 1. The zero-order chi connectivity index (χ0) is 14.0. The van der Waals surface area contributed by atoms with Crippen LogP contribution in [0.3, 0.4) is 0 Å². The summed E-state index contributed by atoms with van der Waals surface area (Å²) in [7, 11) is 0. The molecule has 19 heavy (non-hydrogen) atoms. The van der Waals surface area contributed by atoms with Gasteiger partial charge in [0.25, 0.3) is 5.69 Å². The van der Waals surface area contributed by atoms with Gasteiger partial charge in [-0.3, -0.25) is 19.7 Å². The van der Waals surface area contributed by atoms with Gasteiger partial charge in [0, 0.05) is 24.1 Å². The molecule has 0 spiro atoms. The van der Waals surface area contributed by atoms with Crippen molar-refractivity contribution in [3.8, 4) is 0 Å². The summed E-state index contributed by atoms with van der Waals surface area (Å²) in [6, 6.07) is 3.97. The lowest BCUT2D eigenvalue weighted by Crippen LogP contribution is -2.25. The molecule has 2 amide bonds. The maximum Gasteiger partial charge on any atom is 0.294 e. The van der Waals surface area contributed by atoms with Crippen LogP contribution < -0.4 is 10.6 Å². The minimum absolute atomic E-state index is 0.0683. The third kappa shape index (κ3) is 3.00. The van der Waals surface area contributed by atoms with Crippen molar-refractivity contribution in [2.24, 2.45) is 5.92 Å². The zero-order valence-electron chi connectivity index (χ0n) is 9.68. The lowest BCUT2D eigenvalue weighted by atomic mass is 10.1. The van der Waals surface area contributed by atoms with Gasteiger partial charge in [-0.05, 0) is 12.1 Å². The highest BCUT2D eigenvalue weighted by Gasteiger charge is 2.29. The van der Waals surface area contributed by atoms with Gasteiger partial charge in [-0.15, -0.1) is 0 Å². The highest BCUT2D eigenvalue weighted by molar-refractivity contribution is 6.31. The Balaban J connectivity index is 2.17. The molecule has 0 radical (unpaired) electrons. The molecule has 1 aliphatic rings. The average Bonchev–Trinajstić information content (AvgIpc) is 2.78. The molecular weight excluding hydrogens is 274 g/mol. The molecule has 1 fully saturated rings. The Morgan fingerprint density at radius 3 is 2.84 bits per heavy atom. The van der Waals surface area contributed by atoms with Crippen LogP contribution in [0.2, 0.25) is 5.02 Å². The molecule has 100 valence electrons. The molecule has 1 aromatic rings. The number of hydrogen-bond donors (Lipinski definition) is 2. The van der Waals surface area contributed by atoms with Crippen LogP contribution in [0, 0.1) is 16.0 Å². The van der Waals surface area contributed by atoms with Crippen molar-refractivity contribution in [2.45, 2.75) is 6.42 Å². The van der Waals surface area contributed by atoms with Crippen LogP contribution in [-0.2, 0) is 9.59 Å². The third-order valence-corrected chi connectivity index (χ3v) is 3.00. The van der Waals surface area contributed by atoms with Crippen molar-refractivity contribution >= 4 is 34.8 Å². The summed E-state index contributed by atoms with van der Waals surface area (Å²) in [5.41, 5.74) is -0.211. The van der Waals surface area contributed by atoms with Crippen LogP contribution in [-0.4, -0.2) is 23.3 Å². The van der Waals surface area contributed by atoms with E-state index in [0.29, 0.717) is 0 Å². The summed E-state index contributed by atoms with van der Waals surface area (Å²) in [4.78, 5) is 33.1. The Morgan fingerprint density at radius 1 is 1.53 bits per heavy atom. The fourth-order valence-corrected chi connectivity index (χ4v) is 1.95. The molecule has 1 heterocycles. The fourth-order valence-electron chi connectivity index (χ4n) is 1.79. The molecule has 1 saturated heterocycles. The predicted molar refractivity (Wildman–Crippen MR) is 67.9 cm³/mol. The van der Waals surface area contributed by atoms with Gasteiger partial charge in [0.05, 0.1) is 10.8 Å². The second kappa shape index (κ2) is 5.23. The summed E-state index contributed by atoms with van der Waals surface area (Å²) < 4.78 is 0. The quantitative estimate of drug-likeness (QED) is 0.645. The maximum absolute atomic E-state index is 11.9. The maximum atomic E-state index is 11.9. The van der Waals surface area contributed by atoms with Gasteiger partial charge in [0.1, 0.15) is 5.69 Å². The largest absolute Gasteiger partial charge is 0.355 e. The van der Waals surface area contributed by atoms with E-state index in [9.17, 15) is 19.7 Å². The summed E-state index contributed by atoms with van der Waals surface area (Å²) in [6.07, 6.45) is 0.0905. The van der Waals surface area contributed by atoms with E-state index >= 15 is 0 Å². The highest BCUT2D eigenvalue weighted by atomic mass is 35.5. The Labute approximate surface area is 113 Å². The molecule has 2 N–H and O–H groups in total. The number of rotatable bonds is 3. The van der Waals surface area contributed by atoms with E-state index in [2.05, 4.69) is 10.6 Å². The van der Waals surface area contributed by atoms with E-state index in [-0.39, 0.29) is 35.3 Å². The summed E-state index contributed by atoms with van der Waals surface area (Å²) in [5.74, 6) is -1.14. The van der Waals surface area contributed by atoms with E-state index < -0.39 is 16.7 Å². The molecule has 8 heteroatoms. The normalized spacial score (nSPS) is 17.9. The molecule has 1 aliphatic heterocycles. The number of nitrogens with one attached hydrogen (secondary N) is 2. The highest BCUT2D eigenvalue weighted by Crippen LogP contribution is 2.28. The van der Waals surface area contributed by atoms with E-state index in [1.165, 1.54) is 12.1 Å². The van der Waals surface area contributed by atoms with Gasteiger partial charge >= 0.3 is 0 Å². The summed E-state index contributed by atoms with van der Waals surface area (Å²) in [6.45, 7) is 0.242. The number of carbonyl (C=O) groups excluding carboxylic acids is 2. The standard InChI is InChI=1S/C11H10ClN3O4/c12-7-1-2-8(9(4-7)15(18)19)14-11(17)6-3-10(16)13-5-6/h1-2,4,6H,3,5H2,(H,13,16)(H,14,17). The molecule has 1 atom stereocenters. The van der Waals surface area contributed by atoms with Crippen LogP contribution >= 0.6 is 11.6 Å². The first-order valence-electron chi connectivity index (χ1n) is 5.49. The Bertz CT molecular complexity index is 561. The van der Waals surface area contributed by atoms with Crippen molar-refractivity contribution < 1.29 is 14.5 Å². The van der Waals surface area contributed by atoms with E-state index in [1.807, 2.05) is 0 Å². The van der Waals surface area contributed by atoms with Crippen molar-refractivity contribution in [1.29, 1.82) is 0 Å². The van der Waals surface area contributed by atoms with Crippen molar-refractivity contribution in [3.63, 3.8) is 0 Å². The Kier molecular flexibility index (Phi) is 3.66. The minimum Gasteiger partial charge on any atom is -0.355 e. The van der Waals surface area contributed by atoms with Crippen LogP contribution in [0.1, 0.15) is 6.42 Å². The fraction of sp³-hybridized carbons (Fsp3) is 0.273. The monoisotopic (exact) mass is 283 g/mol. The summed E-state index contributed by atoms with van der Waals surface area (Å²) >= 11 is 5.67. The average molecular weight is 284 g/mol. The number of amides is 2.